The average Bonchev–Trinajstić information content (AvgIpc) is 2.95. The van der Waals surface area contributed by atoms with Gasteiger partial charge in [-0.2, -0.15) is 0 Å². The van der Waals surface area contributed by atoms with Crippen LogP contribution in [-0.4, -0.2) is 17.5 Å². The Morgan fingerprint density at radius 1 is 1.05 bits per heavy atom. The van der Waals surface area contributed by atoms with Crippen molar-refractivity contribution in [1.29, 1.82) is 0 Å². The summed E-state index contributed by atoms with van der Waals surface area (Å²) in [5.74, 6) is 0.904. The summed E-state index contributed by atoms with van der Waals surface area (Å²) in [6.07, 6.45) is 3.77. The molecule has 3 heteroatoms. The number of benzene rings is 2. The molecule has 2 aromatic carbocycles. The van der Waals surface area contributed by atoms with Crippen LogP contribution in [0.1, 0.15) is 29.5 Å². The van der Waals surface area contributed by atoms with E-state index in [0.29, 0.717) is 6.61 Å². The predicted molar refractivity (Wildman–Crippen MR) is 83.3 cm³/mol. The molecule has 0 fully saturated rings. The quantitative estimate of drug-likeness (QED) is 0.514. The van der Waals surface area contributed by atoms with Crippen molar-refractivity contribution in [3.63, 3.8) is 0 Å². The lowest BCUT2D eigenvalue weighted by Crippen LogP contribution is -2.00. The molecule has 1 aliphatic carbocycles. The van der Waals surface area contributed by atoms with Crippen LogP contribution < -0.4 is 4.74 Å². The minimum Gasteiger partial charge on any atom is -0.494 e. The normalized spacial score (nSPS) is 15.1. The molecular weight excluding hydrogens is 262 g/mol. The first kappa shape index (κ1) is 13.7. The monoisotopic (exact) mass is 281 g/mol. The molecule has 0 saturated heterocycles. The first-order chi connectivity index (χ1) is 10.4. The van der Waals surface area contributed by atoms with Crippen molar-refractivity contribution >= 4 is 5.71 Å². The number of nitrogens with zero attached hydrogens (tertiary/aromatic N) is 1. The first-order valence-corrected chi connectivity index (χ1v) is 7.38. The van der Waals surface area contributed by atoms with E-state index in [9.17, 15) is 0 Å². The van der Waals surface area contributed by atoms with Crippen LogP contribution in [0, 0.1) is 0 Å². The molecule has 0 atom stereocenters. The van der Waals surface area contributed by atoms with E-state index in [1.807, 2.05) is 18.2 Å². The van der Waals surface area contributed by atoms with Crippen LogP contribution >= 0.6 is 0 Å². The van der Waals surface area contributed by atoms with Crippen LogP contribution in [-0.2, 0) is 12.8 Å². The van der Waals surface area contributed by atoms with Crippen molar-refractivity contribution in [2.24, 2.45) is 5.16 Å². The number of rotatable bonds is 5. The minimum atomic E-state index is 0.717. The standard InChI is InChI=1S/C18H19NO2/c20-19-18-11-8-15-13-16(9-10-17(15)18)21-12-4-7-14-5-2-1-3-6-14/h1-3,5-6,9-10,13,20H,4,7-8,11-12H2/b19-18-. The number of hydrogen-bond acceptors (Lipinski definition) is 3. The summed E-state index contributed by atoms with van der Waals surface area (Å²) >= 11 is 0. The Bertz CT molecular complexity index is 635. The van der Waals surface area contributed by atoms with Crippen LogP contribution in [0.5, 0.6) is 5.75 Å². The molecule has 0 spiro atoms. The maximum atomic E-state index is 8.92. The molecule has 0 radical (unpaired) electrons. The number of ether oxygens (including phenoxy) is 1. The zero-order valence-electron chi connectivity index (χ0n) is 12.0. The van der Waals surface area contributed by atoms with Crippen molar-refractivity contribution < 1.29 is 9.94 Å². The molecule has 0 bridgehead atoms. The SMILES string of the molecule is O/N=C1/CCc2cc(OCCCc3ccccc3)ccc21. The van der Waals surface area contributed by atoms with E-state index in [0.717, 1.165) is 42.7 Å². The van der Waals surface area contributed by atoms with Crippen LogP contribution in [0.15, 0.2) is 53.7 Å². The Balaban J connectivity index is 1.53. The van der Waals surface area contributed by atoms with Gasteiger partial charge in [-0.05, 0) is 55.0 Å². The number of aryl methyl sites for hydroxylation is 2. The van der Waals surface area contributed by atoms with Crippen molar-refractivity contribution in [1.82, 2.24) is 0 Å². The highest BCUT2D eigenvalue weighted by Gasteiger charge is 2.18. The Labute approximate surface area is 124 Å². The van der Waals surface area contributed by atoms with E-state index < -0.39 is 0 Å². The van der Waals surface area contributed by atoms with Gasteiger partial charge in [0.15, 0.2) is 0 Å². The van der Waals surface area contributed by atoms with Crippen molar-refractivity contribution in [3.8, 4) is 5.75 Å². The number of fused-ring (bicyclic) bond motifs is 1. The third-order valence-corrected chi connectivity index (χ3v) is 3.86. The Kier molecular flexibility index (Phi) is 4.20. The first-order valence-electron chi connectivity index (χ1n) is 7.38. The lowest BCUT2D eigenvalue weighted by molar-refractivity contribution is 0.310. The molecule has 1 aliphatic rings. The second-order valence-corrected chi connectivity index (χ2v) is 5.30. The molecule has 0 heterocycles. The maximum absolute atomic E-state index is 8.92. The van der Waals surface area contributed by atoms with E-state index in [4.69, 9.17) is 9.94 Å². The van der Waals surface area contributed by atoms with Crippen LogP contribution in [0.2, 0.25) is 0 Å². The lowest BCUT2D eigenvalue weighted by atomic mass is 10.1. The molecular formula is C18H19NO2. The number of oxime groups is 1. The molecule has 1 N–H and O–H groups in total. The zero-order chi connectivity index (χ0) is 14.5. The summed E-state index contributed by atoms with van der Waals surface area (Å²) < 4.78 is 5.82. The van der Waals surface area contributed by atoms with Gasteiger partial charge in [0.1, 0.15) is 5.75 Å². The van der Waals surface area contributed by atoms with Crippen LogP contribution in [0.25, 0.3) is 0 Å². The fourth-order valence-corrected chi connectivity index (χ4v) is 2.75. The Morgan fingerprint density at radius 2 is 1.90 bits per heavy atom. The molecule has 108 valence electrons. The Hall–Kier alpha value is -2.29. The lowest BCUT2D eigenvalue weighted by Gasteiger charge is -2.08. The van der Waals surface area contributed by atoms with E-state index in [1.54, 1.807) is 0 Å². The van der Waals surface area contributed by atoms with Crippen molar-refractivity contribution in [2.75, 3.05) is 6.61 Å². The second kappa shape index (κ2) is 6.44. The molecule has 2 aromatic rings. The number of hydrogen-bond donors (Lipinski definition) is 1. The fraction of sp³-hybridized carbons (Fsp3) is 0.278. The predicted octanol–water partition coefficient (Wildman–Crippen LogP) is 3.82. The average molecular weight is 281 g/mol. The smallest absolute Gasteiger partial charge is 0.119 e. The minimum absolute atomic E-state index is 0.717. The van der Waals surface area contributed by atoms with Gasteiger partial charge in [-0.25, -0.2) is 0 Å². The van der Waals surface area contributed by atoms with Crippen molar-refractivity contribution in [2.45, 2.75) is 25.7 Å². The molecule has 3 nitrogen and oxygen atoms in total. The third-order valence-electron chi connectivity index (χ3n) is 3.86. The fourth-order valence-electron chi connectivity index (χ4n) is 2.75. The summed E-state index contributed by atoms with van der Waals surface area (Å²) in [6.45, 7) is 0.717. The second-order valence-electron chi connectivity index (χ2n) is 5.30. The van der Waals surface area contributed by atoms with E-state index in [1.165, 1.54) is 11.1 Å². The van der Waals surface area contributed by atoms with Gasteiger partial charge in [-0.3, -0.25) is 0 Å². The van der Waals surface area contributed by atoms with Crippen LogP contribution in [0.3, 0.4) is 0 Å². The van der Waals surface area contributed by atoms with Gasteiger partial charge >= 0.3 is 0 Å². The van der Waals surface area contributed by atoms with Gasteiger partial charge < -0.3 is 9.94 Å². The molecule has 0 amide bonds. The molecule has 0 aliphatic heterocycles. The highest BCUT2D eigenvalue weighted by molar-refractivity contribution is 6.04. The van der Waals surface area contributed by atoms with E-state index >= 15 is 0 Å². The van der Waals surface area contributed by atoms with Gasteiger partial charge in [0, 0.05) is 5.56 Å². The summed E-state index contributed by atoms with van der Waals surface area (Å²) in [5, 5.41) is 12.3. The maximum Gasteiger partial charge on any atom is 0.119 e. The molecule has 0 saturated carbocycles. The molecule has 3 rings (SSSR count). The van der Waals surface area contributed by atoms with Gasteiger partial charge in [-0.1, -0.05) is 35.5 Å². The van der Waals surface area contributed by atoms with E-state index in [2.05, 4.69) is 35.5 Å². The van der Waals surface area contributed by atoms with Gasteiger partial charge in [-0.15, -0.1) is 0 Å². The third kappa shape index (κ3) is 3.24. The molecule has 21 heavy (non-hydrogen) atoms. The summed E-state index contributed by atoms with van der Waals surface area (Å²) in [7, 11) is 0. The highest BCUT2D eigenvalue weighted by atomic mass is 16.5. The van der Waals surface area contributed by atoms with Crippen molar-refractivity contribution in [3.05, 3.63) is 65.2 Å². The molecule has 0 aromatic heterocycles. The van der Waals surface area contributed by atoms with Crippen LogP contribution in [0.4, 0.5) is 0 Å². The Morgan fingerprint density at radius 3 is 2.71 bits per heavy atom. The summed E-state index contributed by atoms with van der Waals surface area (Å²) in [4.78, 5) is 0. The van der Waals surface area contributed by atoms with Gasteiger partial charge in [0.25, 0.3) is 0 Å². The summed E-state index contributed by atoms with van der Waals surface area (Å²) in [5.41, 5.74) is 4.39. The highest BCUT2D eigenvalue weighted by Crippen LogP contribution is 2.26. The largest absolute Gasteiger partial charge is 0.494 e. The van der Waals surface area contributed by atoms with E-state index in [-0.39, 0.29) is 0 Å². The molecule has 0 unspecified atom stereocenters. The zero-order valence-corrected chi connectivity index (χ0v) is 12.0. The van der Waals surface area contributed by atoms with Gasteiger partial charge in [0.05, 0.1) is 12.3 Å². The topological polar surface area (TPSA) is 41.8 Å². The van der Waals surface area contributed by atoms with Gasteiger partial charge in [0.2, 0.25) is 0 Å². The summed E-state index contributed by atoms with van der Waals surface area (Å²) in [6, 6.07) is 16.5.